The highest BCUT2D eigenvalue weighted by Gasteiger charge is 2.10. The van der Waals surface area contributed by atoms with Crippen molar-refractivity contribution in [3.05, 3.63) is 53.6 Å². The molecule has 4 nitrogen and oxygen atoms in total. The Kier molecular flexibility index (Phi) is 8.65. The van der Waals surface area contributed by atoms with Crippen LogP contribution in [-0.2, 0) is 13.0 Å². The Morgan fingerprint density at radius 2 is 1.54 bits per heavy atom. The van der Waals surface area contributed by atoms with E-state index >= 15 is 0 Å². The second-order valence-corrected chi connectivity index (χ2v) is 7.78. The highest BCUT2D eigenvalue weighted by molar-refractivity contribution is 5.56. The van der Waals surface area contributed by atoms with Gasteiger partial charge in [0.1, 0.15) is 0 Å². The van der Waals surface area contributed by atoms with Crippen molar-refractivity contribution in [3.63, 3.8) is 0 Å². The van der Waals surface area contributed by atoms with E-state index < -0.39 is 0 Å². The molecule has 28 heavy (non-hydrogen) atoms. The zero-order chi connectivity index (χ0) is 20.5. The van der Waals surface area contributed by atoms with Crippen molar-refractivity contribution in [2.45, 2.75) is 33.7 Å². The average Bonchev–Trinajstić information content (AvgIpc) is 2.70. The van der Waals surface area contributed by atoms with Crippen LogP contribution in [0.2, 0.25) is 0 Å². The number of hydrogen-bond acceptors (Lipinski definition) is 4. The van der Waals surface area contributed by atoms with E-state index in [9.17, 15) is 0 Å². The van der Waals surface area contributed by atoms with Gasteiger partial charge in [-0.3, -0.25) is 0 Å². The summed E-state index contributed by atoms with van der Waals surface area (Å²) in [4.78, 5) is 4.75. The summed E-state index contributed by atoms with van der Waals surface area (Å²) in [5.74, 6) is 2.23. The normalized spacial score (nSPS) is 11.1. The molecule has 0 aliphatic heterocycles. The first kappa shape index (κ1) is 22.1. The summed E-state index contributed by atoms with van der Waals surface area (Å²) in [6.07, 6.45) is 1.09. The summed E-state index contributed by atoms with van der Waals surface area (Å²) in [6.45, 7) is 10.8. The monoisotopic (exact) mass is 384 g/mol. The number of ether oxygens (including phenoxy) is 2. The first-order chi connectivity index (χ1) is 13.5. The van der Waals surface area contributed by atoms with Crippen molar-refractivity contribution in [1.82, 2.24) is 4.90 Å². The molecule has 4 heteroatoms. The van der Waals surface area contributed by atoms with Crippen LogP contribution in [0.1, 0.15) is 31.9 Å². The second-order valence-electron chi connectivity index (χ2n) is 7.78. The third-order valence-electron chi connectivity index (χ3n) is 4.97. The minimum Gasteiger partial charge on any atom is -0.493 e. The fourth-order valence-electron chi connectivity index (χ4n) is 3.47. The van der Waals surface area contributed by atoms with Gasteiger partial charge in [-0.15, -0.1) is 0 Å². The zero-order valence-electron chi connectivity index (χ0n) is 18.4. The Hall–Kier alpha value is -2.20. The van der Waals surface area contributed by atoms with Crippen LogP contribution in [0, 0.1) is 5.92 Å². The second kappa shape index (κ2) is 11.0. The maximum absolute atomic E-state index is 5.45. The molecule has 2 aromatic rings. The molecule has 0 amide bonds. The molecule has 0 bridgehead atoms. The van der Waals surface area contributed by atoms with Crippen LogP contribution in [-0.4, -0.2) is 45.8 Å². The topological polar surface area (TPSA) is 24.9 Å². The molecule has 0 aliphatic carbocycles. The summed E-state index contributed by atoms with van der Waals surface area (Å²) in [5.41, 5.74) is 3.85. The van der Waals surface area contributed by atoms with Crippen LogP contribution in [0.4, 0.5) is 5.69 Å². The van der Waals surface area contributed by atoms with Crippen LogP contribution in [0.25, 0.3) is 0 Å². The Balaban J connectivity index is 1.99. The molecular formula is C24H36N2O2. The van der Waals surface area contributed by atoms with Crippen molar-refractivity contribution >= 4 is 5.69 Å². The van der Waals surface area contributed by atoms with Gasteiger partial charge in [0.15, 0.2) is 11.5 Å². The van der Waals surface area contributed by atoms with Crippen molar-refractivity contribution in [2.75, 3.05) is 45.8 Å². The van der Waals surface area contributed by atoms with Gasteiger partial charge in [0.05, 0.1) is 14.2 Å². The van der Waals surface area contributed by atoms with Gasteiger partial charge in [-0.05, 0) is 49.6 Å². The number of hydrogen-bond donors (Lipinski definition) is 0. The number of rotatable bonds is 11. The van der Waals surface area contributed by atoms with E-state index in [1.807, 2.05) is 12.1 Å². The molecule has 2 rings (SSSR count). The molecule has 0 aromatic heterocycles. The van der Waals surface area contributed by atoms with E-state index in [1.54, 1.807) is 14.2 Å². The first-order valence-corrected chi connectivity index (χ1v) is 10.2. The van der Waals surface area contributed by atoms with Crippen LogP contribution >= 0.6 is 0 Å². The third-order valence-corrected chi connectivity index (χ3v) is 4.97. The quantitative estimate of drug-likeness (QED) is 0.552. The predicted octanol–water partition coefficient (Wildman–Crippen LogP) is 4.86. The molecule has 0 spiro atoms. The van der Waals surface area contributed by atoms with E-state index in [2.05, 4.69) is 68.0 Å². The Morgan fingerprint density at radius 1 is 0.893 bits per heavy atom. The molecule has 0 aliphatic rings. The largest absolute Gasteiger partial charge is 0.493 e. The van der Waals surface area contributed by atoms with Gasteiger partial charge in [-0.25, -0.2) is 0 Å². The molecule has 0 saturated heterocycles. The Morgan fingerprint density at radius 3 is 2.11 bits per heavy atom. The first-order valence-electron chi connectivity index (χ1n) is 10.2. The standard InChI is InChI=1S/C24H36N2O2/c1-7-26(22-12-13-23(27-5)24(16-22)28-6)18-21-10-8-20(9-11-21)14-15-25(4)17-19(2)3/h8-13,16,19H,7,14-15,17-18H2,1-6H3. The van der Waals surface area contributed by atoms with Crippen molar-refractivity contribution in [1.29, 1.82) is 0 Å². The van der Waals surface area contributed by atoms with Crippen molar-refractivity contribution in [3.8, 4) is 11.5 Å². The summed E-state index contributed by atoms with van der Waals surface area (Å²) >= 11 is 0. The zero-order valence-corrected chi connectivity index (χ0v) is 18.4. The fraction of sp³-hybridized carbons (Fsp3) is 0.500. The van der Waals surface area contributed by atoms with E-state index in [1.165, 1.54) is 11.1 Å². The Bertz CT molecular complexity index is 713. The molecule has 0 unspecified atom stereocenters. The van der Waals surface area contributed by atoms with E-state index in [4.69, 9.17) is 9.47 Å². The average molecular weight is 385 g/mol. The smallest absolute Gasteiger partial charge is 0.162 e. The van der Waals surface area contributed by atoms with Gasteiger partial charge in [0.25, 0.3) is 0 Å². The highest BCUT2D eigenvalue weighted by atomic mass is 16.5. The van der Waals surface area contributed by atoms with E-state index in [0.29, 0.717) is 5.92 Å². The van der Waals surface area contributed by atoms with Gasteiger partial charge in [0, 0.05) is 37.9 Å². The molecule has 2 aromatic carbocycles. The summed E-state index contributed by atoms with van der Waals surface area (Å²) < 4.78 is 10.8. The van der Waals surface area contributed by atoms with Gasteiger partial charge in [0.2, 0.25) is 0 Å². The minimum absolute atomic E-state index is 0.712. The third kappa shape index (κ3) is 6.45. The molecule has 0 atom stereocenters. The van der Waals surface area contributed by atoms with Gasteiger partial charge in [-0.1, -0.05) is 38.1 Å². The lowest BCUT2D eigenvalue weighted by Gasteiger charge is -2.24. The molecule has 0 N–H and O–H groups in total. The van der Waals surface area contributed by atoms with Crippen molar-refractivity contribution < 1.29 is 9.47 Å². The van der Waals surface area contributed by atoms with Gasteiger partial charge >= 0.3 is 0 Å². The molecule has 0 saturated carbocycles. The Labute approximate surface area is 171 Å². The van der Waals surface area contributed by atoms with Gasteiger partial charge < -0.3 is 19.3 Å². The minimum atomic E-state index is 0.712. The molecule has 0 radical (unpaired) electrons. The van der Waals surface area contributed by atoms with Crippen LogP contribution < -0.4 is 14.4 Å². The predicted molar refractivity (Wildman–Crippen MR) is 119 cm³/mol. The van der Waals surface area contributed by atoms with Crippen LogP contribution in [0.5, 0.6) is 11.5 Å². The number of benzene rings is 2. The van der Waals surface area contributed by atoms with Crippen LogP contribution in [0.3, 0.4) is 0 Å². The maximum Gasteiger partial charge on any atom is 0.162 e. The SMILES string of the molecule is CCN(Cc1ccc(CCN(C)CC(C)C)cc1)c1ccc(OC)c(OC)c1. The number of likely N-dealkylation sites (N-methyl/N-ethyl adjacent to an activating group) is 1. The number of anilines is 1. The summed E-state index contributed by atoms with van der Waals surface area (Å²) in [7, 11) is 5.54. The number of methoxy groups -OCH3 is 2. The fourth-order valence-corrected chi connectivity index (χ4v) is 3.47. The van der Waals surface area contributed by atoms with Gasteiger partial charge in [-0.2, -0.15) is 0 Å². The lowest BCUT2D eigenvalue weighted by molar-refractivity contribution is 0.299. The lowest BCUT2D eigenvalue weighted by atomic mass is 10.1. The molecule has 154 valence electrons. The maximum atomic E-state index is 5.45. The highest BCUT2D eigenvalue weighted by Crippen LogP contribution is 2.32. The molecule has 0 heterocycles. The molecular weight excluding hydrogens is 348 g/mol. The lowest BCUT2D eigenvalue weighted by Crippen LogP contribution is -2.25. The van der Waals surface area contributed by atoms with Crippen LogP contribution in [0.15, 0.2) is 42.5 Å². The molecule has 0 fully saturated rings. The number of nitrogens with zero attached hydrogens (tertiary/aromatic N) is 2. The summed E-state index contributed by atoms with van der Waals surface area (Å²) in [6, 6.07) is 15.1. The van der Waals surface area contributed by atoms with E-state index in [-0.39, 0.29) is 0 Å². The van der Waals surface area contributed by atoms with E-state index in [0.717, 1.165) is 49.8 Å². The van der Waals surface area contributed by atoms with Crippen molar-refractivity contribution in [2.24, 2.45) is 5.92 Å². The summed E-state index contributed by atoms with van der Waals surface area (Å²) in [5, 5.41) is 0.